The van der Waals surface area contributed by atoms with Crippen molar-refractivity contribution in [1.29, 1.82) is 0 Å². The van der Waals surface area contributed by atoms with Gasteiger partial charge in [-0.1, -0.05) is 30.3 Å². The fourth-order valence-electron chi connectivity index (χ4n) is 5.01. The molecule has 5 rings (SSSR count). The minimum absolute atomic E-state index is 0.121. The monoisotopic (exact) mass is 569 g/mol. The van der Waals surface area contributed by atoms with Crippen LogP contribution in [0, 0.1) is 12.7 Å². The van der Waals surface area contributed by atoms with Gasteiger partial charge >= 0.3 is 12.2 Å². The van der Waals surface area contributed by atoms with E-state index in [-0.39, 0.29) is 11.3 Å². The maximum Gasteiger partial charge on any atom is 0.419 e. The topological polar surface area (TPSA) is 95.4 Å². The van der Waals surface area contributed by atoms with Crippen LogP contribution in [0.1, 0.15) is 27.2 Å². The molecule has 4 aromatic rings. The number of pyridine rings is 1. The second kappa shape index (κ2) is 11.2. The third kappa shape index (κ3) is 5.99. The van der Waals surface area contributed by atoms with Crippen LogP contribution in [-0.2, 0) is 19.8 Å². The molecule has 0 atom stereocenters. The molecule has 2 aromatic heterocycles. The number of nitrogens with zero attached hydrogens (tertiary/aromatic N) is 5. The molecule has 1 saturated heterocycles. The van der Waals surface area contributed by atoms with Crippen molar-refractivity contribution in [2.75, 3.05) is 36.4 Å². The molecule has 41 heavy (non-hydrogen) atoms. The standard InChI is InChI=1S/C28H27F4N7O2/c1-17-23-24(39-12-10-38(11-13-39)16-18-6-4-3-5-7-18)20(15-33-25(23)37(2)36-17)26(40)35-27(41)34-19-8-9-22(29)21(14-19)28(30,31)32/h3-9,14-15H,10-13,16H2,1-2H3,(H2,34,35,40,41). The van der Waals surface area contributed by atoms with Crippen LogP contribution < -0.4 is 15.5 Å². The minimum atomic E-state index is -4.95. The Kier molecular flexibility index (Phi) is 7.63. The predicted molar refractivity (Wildman–Crippen MR) is 145 cm³/mol. The second-order valence-electron chi connectivity index (χ2n) is 9.78. The number of urea groups is 1. The number of hydrogen-bond acceptors (Lipinski definition) is 6. The number of imide groups is 1. The summed E-state index contributed by atoms with van der Waals surface area (Å²) in [7, 11) is 1.75. The highest BCUT2D eigenvalue weighted by Crippen LogP contribution is 2.34. The molecular weight excluding hydrogens is 542 g/mol. The van der Waals surface area contributed by atoms with Crippen LogP contribution in [0.5, 0.6) is 0 Å². The number of halogens is 4. The number of carbonyl (C=O) groups excluding carboxylic acids is 2. The molecule has 2 N–H and O–H groups in total. The van der Waals surface area contributed by atoms with E-state index in [4.69, 9.17) is 0 Å². The Balaban J connectivity index is 1.37. The lowest BCUT2D eigenvalue weighted by Crippen LogP contribution is -2.47. The number of piperazine rings is 1. The van der Waals surface area contributed by atoms with Crippen LogP contribution in [0.25, 0.3) is 11.0 Å². The average Bonchev–Trinajstić information content (AvgIpc) is 3.22. The zero-order chi connectivity index (χ0) is 29.3. The predicted octanol–water partition coefficient (Wildman–Crippen LogP) is 4.72. The van der Waals surface area contributed by atoms with Gasteiger partial charge in [0, 0.05) is 51.7 Å². The van der Waals surface area contributed by atoms with E-state index >= 15 is 0 Å². The number of alkyl halides is 3. The Bertz CT molecular complexity index is 1600. The molecule has 9 nitrogen and oxygen atoms in total. The van der Waals surface area contributed by atoms with Gasteiger partial charge in [-0.25, -0.2) is 14.2 Å². The van der Waals surface area contributed by atoms with Gasteiger partial charge in [-0.2, -0.15) is 18.3 Å². The SMILES string of the molecule is Cc1nn(C)c2ncc(C(=O)NC(=O)Nc3ccc(F)c(C(F)(F)F)c3)c(N3CCN(Cc4ccccc4)CC3)c12. The van der Waals surface area contributed by atoms with Crippen molar-refractivity contribution < 1.29 is 27.2 Å². The highest BCUT2D eigenvalue weighted by molar-refractivity contribution is 6.13. The van der Waals surface area contributed by atoms with Gasteiger partial charge in [0.2, 0.25) is 0 Å². The number of hydrogen-bond donors (Lipinski definition) is 2. The molecule has 2 aromatic carbocycles. The van der Waals surface area contributed by atoms with Crippen LogP contribution in [0.4, 0.5) is 33.7 Å². The van der Waals surface area contributed by atoms with Gasteiger partial charge in [0.05, 0.1) is 27.9 Å². The number of carbonyl (C=O) groups is 2. The molecule has 0 radical (unpaired) electrons. The highest BCUT2D eigenvalue weighted by Gasteiger charge is 2.34. The molecule has 0 bridgehead atoms. The summed E-state index contributed by atoms with van der Waals surface area (Å²) in [4.78, 5) is 34.7. The van der Waals surface area contributed by atoms with Gasteiger partial charge in [0.15, 0.2) is 5.65 Å². The van der Waals surface area contributed by atoms with Gasteiger partial charge in [-0.3, -0.25) is 19.7 Å². The lowest BCUT2D eigenvalue weighted by Gasteiger charge is -2.37. The first kappa shape index (κ1) is 28.0. The summed E-state index contributed by atoms with van der Waals surface area (Å²) < 4.78 is 54.5. The Morgan fingerprint density at radius 2 is 1.73 bits per heavy atom. The molecule has 0 saturated carbocycles. The summed E-state index contributed by atoms with van der Waals surface area (Å²) in [5, 5.41) is 9.45. The Morgan fingerprint density at radius 3 is 2.41 bits per heavy atom. The van der Waals surface area contributed by atoms with E-state index in [0.717, 1.165) is 25.7 Å². The number of amides is 3. The highest BCUT2D eigenvalue weighted by atomic mass is 19.4. The molecule has 3 amide bonds. The first-order valence-corrected chi connectivity index (χ1v) is 12.8. The molecule has 1 aliphatic rings. The first-order valence-electron chi connectivity index (χ1n) is 12.8. The molecule has 3 heterocycles. The average molecular weight is 570 g/mol. The number of benzene rings is 2. The maximum absolute atomic E-state index is 13.6. The summed E-state index contributed by atoms with van der Waals surface area (Å²) in [5.74, 6) is -2.26. The Hall–Kier alpha value is -4.52. The summed E-state index contributed by atoms with van der Waals surface area (Å²) >= 11 is 0. The van der Waals surface area contributed by atoms with E-state index in [1.165, 1.54) is 11.8 Å². The number of rotatable bonds is 5. The lowest BCUT2D eigenvalue weighted by atomic mass is 10.1. The van der Waals surface area contributed by atoms with Gasteiger partial charge in [0.1, 0.15) is 5.82 Å². The van der Waals surface area contributed by atoms with Crippen LogP contribution in [0.3, 0.4) is 0 Å². The molecule has 1 aliphatic heterocycles. The van der Waals surface area contributed by atoms with E-state index in [1.807, 2.05) is 18.2 Å². The van der Waals surface area contributed by atoms with E-state index in [2.05, 4.69) is 42.6 Å². The van der Waals surface area contributed by atoms with Crippen LogP contribution in [0.2, 0.25) is 0 Å². The first-order chi connectivity index (χ1) is 19.5. The van der Waals surface area contributed by atoms with E-state index in [0.29, 0.717) is 47.6 Å². The summed E-state index contributed by atoms with van der Waals surface area (Å²) in [6, 6.07) is 11.1. The minimum Gasteiger partial charge on any atom is -0.368 e. The van der Waals surface area contributed by atoms with Gasteiger partial charge < -0.3 is 10.2 Å². The third-order valence-electron chi connectivity index (χ3n) is 6.94. The van der Waals surface area contributed by atoms with Crippen molar-refractivity contribution in [3.05, 3.63) is 82.9 Å². The Morgan fingerprint density at radius 1 is 1.02 bits per heavy atom. The summed E-state index contributed by atoms with van der Waals surface area (Å²) in [6.45, 7) is 5.25. The van der Waals surface area contributed by atoms with Gasteiger partial charge in [0.25, 0.3) is 5.91 Å². The van der Waals surface area contributed by atoms with E-state index in [1.54, 1.807) is 18.7 Å². The van der Waals surface area contributed by atoms with Crippen molar-refractivity contribution in [2.24, 2.45) is 7.05 Å². The van der Waals surface area contributed by atoms with Crippen molar-refractivity contribution in [1.82, 2.24) is 25.0 Å². The fraction of sp³-hybridized carbons (Fsp3) is 0.286. The normalized spacial score (nSPS) is 14.3. The number of anilines is 2. The lowest BCUT2D eigenvalue weighted by molar-refractivity contribution is -0.139. The van der Waals surface area contributed by atoms with Crippen LogP contribution >= 0.6 is 0 Å². The van der Waals surface area contributed by atoms with Crippen molar-refractivity contribution in [2.45, 2.75) is 19.6 Å². The van der Waals surface area contributed by atoms with Crippen LogP contribution in [-0.4, -0.2) is 57.8 Å². The largest absolute Gasteiger partial charge is 0.419 e. The quantitative estimate of drug-likeness (QED) is 0.338. The zero-order valence-electron chi connectivity index (χ0n) is 22.3. The van der Waals surface area contributed by atoms with E-state index < -0.39 is 29.5 Å². The molecule has 0 unspecified atom stereocenters. The maximum atomic E-state index is 13.6. The number of aromatic nitrogens is 3. The third-order valence-corrected chi connectivity index (χ3v) is 6.94. The summed E-state index contributed by atoms with van der Waals surface area (Å²) in [5.41, 5.74) is 1.26. The van der Waals surface area contributed by atoms with E-state index in [9.17, 15) is 27.2 Å². The molecule has 0 aliphatic carbocycles. The van der Waals surface area contributed by atoms with Crippen molar-refractivity contribution in [3.63, 3.8) is 0 Å². The zero-order valence-corrected chi connectivity index (χ0v) is 22.3. The molecule has 0 spiro atoms. The van der Waals surface area contributed by atoms with Gasteiger partial charge in [-0.05, 0) is 30.7 Å². The van der Waals surface area contributed by atoms with Crippen LogP contribution in [0.15, 0.2) is 54.7 Å². The summed E-state index contributed by atoms with van der Waals surface area (Å²) in [6.07, 6.45) is -3.59. The number of aryl methyl sites for hydroxylation is 2. The molecule has 1 fully saturated rings. The van der Waals surface area contributed by atoms with Gasteiger partial charge in [-0.15, -0.1) is 0 Å². The second-order valence-corrected chi connectivity index (χ2v) is 9.78. The fourth-order valence-corrected chi connectivity index (χ4v) is 5.01. The number of nitrogens with one attached hydrogen (secondary N) is 2. The molecule has 13 heteroatoms. The molecular formula is C28H27F4N7O2. The smallest absolute Gasteiger partial charge is 0.368 e. The van der Waals surface area contributed by atoms with Crippen molar-refractivity contribution in [3.8, 4) is 0 Å². The Labute approximate surface area is 232 Å². The molecule has 214 valence electrons. The number of fused-ring (bicyclic) bond motifs is 1. The van der Waals surface area contributed by atoms with Crippen molar-refractivity contribution >= 4 is 34.3 Å².